The van der Waals surface area contributed by atoms with Crippen molar-refractivity contribution in [1.82, 2.24) is 0 Å². The van der Waals surface area contributed by atoms with Crippen molar-refractivity contribution in [2.75, 3.05) is 0 Å². The molecule has 0 aliphatic carbocycles. The number of fused-ring (bicyclic) bond motifs is 1. The van der Waals surface area contributed by atoms with Crippen LogP contribution in [0.15, 0.2) is 83.3 Å². The molecule has 0 saturated heterocycles. The number of ether oxygens (including phenoxy) is 1. The molecule has 5 heteroatoms. The second-order valence-electron chi connectivity index (χ2n) is 6.95. The van der Waals surface area contributed by atoms with Crippen LogP contribution in [0.3, 0.4) is 0 Å². The maximum atomic E-state index is 9.84. The summed E-state index contributed by atoms with van der Waals surface area (Å²) in [4.78, 5) is 0. The topological polar surface area (TPSA) is 33.0 Å². The van der Waals surface area contributed by atoms with Crippen LogP contribution in [-0.4, -0.2) is 0 Å². The van der Waals surface area contributed by atoms with Crippen molar-refractivity contribution in [3.8, 4) is 11.8 Å². The van der Waals surface area contributed by atoms with Crippen LogP contribution in [0.4, 0.5) is 0 Å². The van der Waals surface area contributed by atoms with E-state index in [4.69, 9.17) is 27.9 Å². The lowest BCUT2D eigenvalue weighted by Gasteiger charge is -2.11. The number of rotatable bonds is 5. The van der Waals surface area contributed by atoms with E-state index >= 15 is 0 Å². The number of nitrogens with zero attached hydrogens (tertiary/aromatic N) is 1. The Kier molecular flexibility index (Phi) is 6.63. The molecule has 0 atom stereocenters. The fourth-order valence-corrected chi connectivity index (χ4v) is 3.95. The standard InChI is InChI=1S/C26H16BrCl2NO/c27-23-8-10-26(31-16-17-5-9-24(28)25(29)11-17)21(14-23)13-22(15-30)20-7-6-18-3-1-2-4-19(18)12-20/h1-14H,16H2/b22-13-. The number of allylic oxidation sites excluding steroid dienone is 1. The largest absolute Gasteiger partial charge is 0.488 e. The molecule has 0 N–H and O–H groups in total. The van der Waals surface area contributed by atoms with Crippen molar-refractivity contribution in [3.05, 3.63) is 110 Å². The first-order valence-corrected chi connectivity index (χ1v) is 11.1. The van der Waals surface area contributed by atoms with Crippen LogP contribution in [-0.2, 0) is 6.61 Å². The van der Waals surface area contributed by atoms with Crippen LogP contribution in [0.25, 0.3) is 22.4 Å². The summed E-state index contributed by atoms with van der Waals surface area (Å²) in [6, 6.07) is 27.6. The van der Waals surface area contributed by atoms with Gasteiger partial charge in [0.25, 0.3) is 0 Å². The van der Waals surface area contributed by atoms with E-state index in [9.17, 15) is 5.26 Å². The van der Waals surface area contributed by atoms with Crippen LogP contribution < -0.4 is 4.74 Å². The molecule has 0 spiro atoms. The Hall–Kier alpha value is -2.77. The molecule has 4 aromatic carbocycles. The quantitative estimate of drug-likeness (QED) is 0.200. The maximum Gasteiger partial charge on any atom is 0.127 e. The van der Waals surface area contributed by atoms with Crippen molar-refractivity contribution < 1.29 is 4.74 Å². The first-order valence-electron chi connectivity index (χ1n) is 9.51. The molecule has 0 amide bonds. The smallest absolute Gasteiger partial charge is 0.127 e. The molecule has 0 heterocycles. The summed E-state index contributed by atoms with van der Waals surface area (Å²) in [6.45, 7) is 0.331. The summed E-state index contributed by atoms with van der Waals surface area (Å²) in [7, 11) is 0. The minimum absolute atomic E-state index is 0.331. The number of halogens is 3. The van der Waals surface area contributed by atoms with Gasteiger partial charge in [-0.05, 0) is 64.4 Å². The predicted octanol–water partition coefficient (Wildman–Crippen LogP) is 8.55. The highest BCUT2D eigenvalue weighted by Crippen LogP contribution is 2.30. The van der Waals surface area contributed by atoms with Gasteiger partial charge < -0.3 is 4.74 Å². The Labute approximate surface area is 199 Å². The van der Waals surface area contributed by atoms with Gasteiger partial charge in [-0.1, -0.05) is 81.6 Å². The lowest BCUT2D eigenvalue weighted by Crippen LogP contribution is -1.97. The lowest BCUT2D eigenvalue weighted by atomic mass is 10.00. The van der Waals surface area contributed by atoms with Crippen molar-refractivity contribution in [2.45, 2.75) is 6.61 Å². The molecule has 2 nitrogen and oxygen atoms in total. The zero-order chi connectivity index (χ0) is 21.8. The second-order valence-corrected chi connectivity index (χ2v) is 8.68. The normalized spacial score (nSPS) is 11.4. The number of benzene rings is 4. The Morgan fingerprint density at radius 1 is 0.903 bits per heavy atom. The minimum atomic E-state index is 0.331. The SMILES string of the molecule is N#C/C(=C/c1cc(Br)ccc1OCc1ccc(Cl)c(Cl)c1)c1ccc2ccccc2c1. The van der Waals surface area contributed by atoms with Gasteiger partial charge in [0, 0.05) is 10.0 Å². The number of hydrogen-bond donors (Lipinski definition) is 0. The van der Waals surface area contributed by atoms with Crippen LogP contribution in [0, 0.1) is 11.3 Å². The molecular formula is C26H16BrCl2NO. The van der Waals surface area contributed by atoms with E-state index in [2.05, 4.69) is 28.1 Å². The molecule has 0 fully saturated rings. The highest BCUT2D eigenvalue weighted by atomic mass is 79.9. The molecule has 0 radical (unpaired) electrons. The average molecular weight is 509 g/mol. The fourth-order valence-electron chi connectivity index (χ4n) is 3.25. The van der Waals surface area contributed by atoms with Gasteiger partial charge in [0.1, 0.15) is 12.4 Å². The maximum absolute atomic E-state index is 9.84. The minimum Gasteiger partial charge on any atom is -0.488 e. The lowest BCUT2D eigenvalue weighted by molar-refractivity contribution is 0.305. The van der Waals surface area contributed by atoms with Gasteiger partial charge in [0.05, 0.1) is 21.7 Å². The molecule has 0 aliphatic heterocycles. The van der Waals surface area contributed by atoms with Crippen molar-refractivity contribution in [1.29, 1.82) is 5.26 Å². The second kappa shape index (κ2) is 9.58. The highest BCUT2D eigenvalue weighted by molar-refractivity contribution is 9.10. The van der Waals surface area contributed by atoms with Crippen LogP contribution in [0.2, 0.25) is 10.0 Å². The van der Waals surface area contributed by atoms with E-state index in [0.29, 0.717) is 28.0 Å². The van der Waals surface area contributed by atoms with Gasteiger partial charge in [0.2, 0.25) is 0 Å². The Morgan fingerprint density at radius 3 is 2.48 bits per heavy atom. The number of nitriles is 1. The Morgan fingerprint density at radius 2 is 1.71 bits per heavy atom. The summed E-state index contributed by atoms with van der Waals surface area (Å²) in [6.07, 6.45) is 1.85. The third kappa shape index (κ3) is 5.11. The van der Waals surface area contributed by atoms with Gasteiger partial charge in [-0.15, -0.1) is 0 Å². The van der Waals surface area contributed by atoms with E-state index in [0.717, 1.165) is 31.9 Å². The van der Waals surface area contributed by atoms with Crippen molar-refractivity contribution >= 4 is 61.6 Å². The first-order chi connectivity index (χ1) is 15.0. The fraction of sp³-hybridized carbons (Fsp3) is 0.0385. The van der Waals surface area contributed by atoms with Crippen LogP contribution >= 0.6 is 39.1 Å². The number of hydrogen-bond acceptors (Lipinski definition) is 2. The van der Waals surface area contributed by atoms with Crippen LogP contribution in [0.5, 0.6) is 5.75 Å². The van der Waals surface area contributed by atoms with Gasteiger partial charge in [0.15, 0.2) is 0 Å². The van der Waals surface area contributed by atoms with Gasteiger partial charge in [-0.25, -0.2) is 0 Å². The zero-order valence-corrected chi connectivity index (χ0v) is 19.4. The van der Waals surface area contributed by atoms with Crippen molar-refractivity contribution in [3.63, 3.8) is 0 Å². The first kappa shape index (κ1) is 21.5. The van der Waals surface area contributed by atoms with E-state index in [1.54, 1.807) is 12.1 Å². The summed E-state index contributed by atoms with van der Waals surface area (Å²) >= 11 is 15.6. The Balaban J connectivity index is 1.67. The van der Waals surface area contributed by atoms with E-state index in [-0.39, 0.29) is 0 Å². The predicted molar refractivity (Wildman–Crippen MR) is 132 cm³/mol. The molecule has 0 bridgehead atoms. The summed E-state index contributed by atoms with van der Waals surface area (Å²) < 4.78 is 6.95. The van der Waals surface area contributed by atoms with E-state index in [1.165, 1.54) is 0 Å². The van der Waals surface area contributed by atoms with E-state index in [1.807, 2.05) is 66.7 Å². The third-order valence-electron chi connectivity index (χ3n) is 4.83. The average Bonchev–Trinajstić information content (AvgIpc) is 2.78. The van der Waals surface area contributed by atoms with E-state index < -0.39 is 0 Å². The molecule has 0 saturated carbocycles. The molecule has 4 aromatic rings. The molecule has 0 unspecified atom stereocenters. The molecule has 0 aromatic heterocycles. The molecular weight excluding hydrogens is 493 g/mol. The highest BCUT2D eigenvalue weighted by Gasteiger charge is 2.09. The monoisotopic (exact) mass is 507 g/mol. The molecule has 31 heavy (non-hydrogen) atoms. The molecule has 4 rings (SSSR count). The third-order valence-corrected chi connectivity index (χ3v) is 6.06. The van der Waals surface area contributed by atoms with Gasteiger partial charge in [-0.2, -0.15) is 5.26 Å². The summed E-state index contributed by atoms with van der Waals surface area (Å²) in [5, 5.41) is 13.1. The van der Waals surface area contributed by atoms with Crippen LogP contribution in [0.1, 0.15) is 16.7 Å². The van der Waals surface area contributed by atoms with Gasteiger partial charge >= 0.3 is 0 Å². The van der Waals surface area contributed by atoms with Crippen molar-refractivity contribution in [2.24, 2.45) is 0 Å². The molecule has 152 valence electrons. The van der Waals surface area contributed by atoms with Gasteiger partial charge in [-0.3, -0.25) is 0 Å². The Bertz CT molecular complexity index is 1340. The summed E-state index contributed by atoms with van der Waals surface area (Å²) in [5.74, 6) is 0.669. The summed E-state index contributed by atoms with van der Waals surface area (Å²) in [5.41, 5.74) is 3.13. The zero-order valence-electron chi connectivity index (χ0n) is 16.3. The molecule has 0 aliphatic rings.